The Morgan fingerprint density at radius 2 is 1.78 bits per heavy atom. The summed E-state index contributed by atoms with van der Waals surface area (Å²) in [6, 6.07) is 0. The zero-order valence-corrected chi connectivity index (χ0v) is 6.55. The van der Waals surface area contributed by atoms with E-state index in [-0.39, 0.29) is 12.4 Å². The highest BCUT2D eigenvalue weighted by Gasteiger charge is 2.01. The Labute approximate surface area is 57.2 Å². The molecule has 0 fully saturated rings. The van der Waals surface area contributed by atoms with Crippen LogP contribution in [0.15, 0.2) is 0 Å². The molecule has 0 heterocycles. The van der Waals surface area contributed by atoms with E-state index in [1.807, 2.05) is 27.7 Å². The molecule has 2 heteroatoms. The van der Waals surface area contributed by atoms with Gasteiger partial charge in [0.05, 0.1) is 12.7 Å². The van der Waals surface area contributed by atoms with Crippen molar-refractivity contribution >= 4 is 0 Å². The maximum absolute atomic E-state index is 5.24. The third-order valence-electron chi connectivity index (χ3n) is 0.792. The van der Waals surface area contributed by atoms with Gasteiger partial charge < -0.3 is 9.47 Å². The van der Waals surface area contributed by atoms with Crippen LogP contribution in [0.25, 0.3) is 0 Å². The van der Waals surface area contributed by atoms with Crippen LogP contribution in [0.4, 0.5) is 0 Å². The maximum Gasteiger partial charge on any atom is 0.155 e. The molecule has 1 radical (unpaired) electrons. The Kier molecular flexibility index (Phi) is 4.72. The topological polar surface area (TPSA) is 18.5 Å². The van der Waals surface area contributed by atoms with Gasteiger partial charge in [-0.2, -0.15) is 0 Å². The molecule has 0 amide bonds. The quantitative estimate of drug-likeness (QED) is 0.543. The minimum Gasteiger partial charge on any atom is -0.350 e. The zero-order chi connectivity index (χ0) is 7.28. The smallest absolute Gasteiger partial charge is 0.155 e. The highest BCUT2D eigenvalue weighted by molar-refractivity contribution is 4.41. The number of ether oxygens (including phenoxy) is 2. The highest BCUT2D eigenvalue weighted by Crippen LogP contribution is 1.99. The van der Waals surface area contributed by atoms with Crippen molar-refractivity contribution < 1.29 is 9.47 Å². The van der Waals surface area contributed by atoms with Gasteiger partial charge in [0.1, 0.15) is 0 Å². The first-order valence-electron chi connectivity index (χ1n) is 3.25. The Morgan fingerprint density at radius 1 is 1.22 bits per heavy atom. The Bertz CT molecular complexity index is 61.9. The second-order valence-electron chi connectivity index (χ2n) is 2.12. The molecule has 9 heavy (non-hydrogen) atoms. The first-order chi connectivity index (χ1) is 4.16. The summed E-state index contributed by atoms with van der Waals surface area (Å²) in [6.45, 7) is 9.30. The standard InChI is InChI=1S/C7H15O2/c1-5-8-7(4)9-6(2)3/h5-7H,1-4H3. The highest BCUT2D eigenvalue weighted by atomic mass is 16.7. The van der Waals surface area contributed by atoms with Crippen LogP contribution in [0.3, 0.4) is 0 Å². The minimum atomic E-state index is -0.116. The second-order valence-corrected chi connectivity index (χ2v) is 2.12. The van der Waals surface area contributed by atoms with Crippen LogP contribution in [0, 0.1) is 6.61 Å². The largest absolute Gasteiger partial charge is 0.350 e. The lowest BCUT2D eigenvalue weighted by Gasteiger charge is -2.14. The van der Waals surface area contributed by atoms with E-state index in [0.717, 1.165) is 0 Å². The van der Waals surface area contributed by atoms with Crippen molar-refractivity contribution in [1.29, 1.82) is 0 Å². The fourth-order valence-electron chi connectivity index (χ4n) is 0.607. The van der Waals surface area contributed by atoms with Crippen LogP contribution < -0.4 is 0 Å². The van der Waals surface area contributed by atoms with Gasteiger partial charge in [-0.15, -0.1) is 0 Å². The monoisotopic (exact) mass is 131 g/mol. The molecule has 55 valence electrons. The molecule has 0 saturated heterocycles. The van der Waals surface area contributed by atoms with Crippen LogP contribution in [0.5, 0.6) is 0 Å². The number of hydrogen-bond donors (Lipinski definition) is 0. The molecule has 0 aliphatic heterocycles. The third kappa shape index (κ3) is 5.80. The average molecular weight is 131 g/mol. The Hall–Kier alpha value is -0.0800. The van der Waals surface area contributed by atoms with Gasteiger partial charge in [-0.25, -0.2) is 0 Å². The molecule has 2 nitrogen and oxygen atoms in total. The Morgan fingerprint density at radius 3 is 2.11 bits per heavy atom. The lowest BCUT2D eigenvalue weighted by atomic mass is 10.5. The molecule has 0 saturated carbocycles. The molecule has 0 aromatic carbocycles. The fraction of sp³-hybridized carbons (Fsp3) is 0.857. The summed E-state index contributed by atoms with van der Waals surface area (Å²) in [7, 11) is 0. The molecule has 0 bridgehead atoms. The van der Waals surface area contributed by atoms with Gasteiger partial charge in [0, 0.05) is 0 Å². The summed E-state index contributed by atoms with van der Waals surface area (Å²) in [5.74, 6) is 0. The van der Waals surface area contributed by atoms with Gasteiger partial charge >= 0.3 is 0 Å². The molecule has 0 aliphatic rings. The fourth-order valence-corrected chi connectivity index (χ4v) is 0.607. The van der Waals surface area contributed by atoms with Crippen LogP contribution in [0.2, 0.25) is 0 Å². The van der Waals surface area contributed by atoms with Crippen molar-refractivity contribution in [2.75, 3.05) is 0 Å². The summed E-state index contributed by atoms with van der Waals surface area (Å²) < 4.78 is 10.2. The molecule has 1 atom stereocenters. The molecule has 0 rings (SSSR count). The first-order valence-corrected chi connectivity index (χ1v) is 3.25. The van der Waals surface area contributed by atoms with Gasteiger partial charge in [0.15, 0.2) is 6.29 Å². The van der Waals surface area contributed by atoms with Crippen molar-refractivity contribution in [3.8, 4) is 0 Å². The first kappa shape index (κ1) is 8.92. The van der Waals surface area contributed by atoms with Crippen LogP contribution in [-0.4, -0.2) is 12.4 Å². The summed E-state index contributed by atoms with van der Waals surface area (Å²) >= 11 is 0. The molecule has 1 unspecified atom stereocenters. The van der Waals surface area contributed by atoms with E-state index in [9.17, 15) is 0 Å². The predicted octanol–water partition coefficient (Wildman–Crippen LogP) is 1.96. The summed E-state index contributed by atoms with van der Waals surface area (Å²) in [5.41, 5.74) is 0. The van der Waals surface area contributed by atoms with Crippen molar-refractivity contribution in [2.24, 2.45) is 0 Å². The SMILES string of the molecule is C[CH]OC(C)OC(C)C. The summed E-state index contributed by atoms with van der Waals surface area (Å²) in [4.78, 5) is 0. The van der Waals surface area contributed by atoms with E-state index in [2.05, 4.69) is 0 Å². The van der Waals surface area contributed by atoms with Crippen molar-refractivity contribution in [1.82, 2.24) is 0 Å². The lowest BCUT2D eigenvalue weighted by Crippen LogP contribution is -2.15. The Balaban J connectivity index is 3.15. The van der Waals surface area contributed by atoms with Crippen LogP contribution in [0.1, 0.15) is 27.7 Å². The second kappa shape index (κ2) is 4.77. The van der Waals surface area contributed by atoms with Crippen LogP contribution in [-0.2, 0) is 9.47 Å². The van der Waals surface area contributed by atoms with Gasteiger partial charge in [-0.1, -0.05) is 0 Å². The third-order valence-corrected chi connectivity index (χ3v) is 0.792. The van der Waals surface area contributed by atoms with Gasteiger partial charge in [-0.3, -0.25) is 0 Å². The molecular formula is C7H15O2. The maximum atomic E-state index is 5.24. The number of rotatable bonds is 4. The molecule has 0 N–H and O–H groups in total. The molecule has 0 spiro atoms. The molecule has 0 aromatic rings. The van der Waals surface area contributed by atoms with Gasteiger partial charge in [0.2, 0.25) is 0 Å². The van der Waals surface area contributed by atoms with Crippen LogP contribution >= 0.6 is 0 Å². The predicted molar refractivity (Wildman–Crippen MR) is 36.7 cm³/mol. The van der Waals surface area contributed by atoms with E-state index < -0.39 is 0 Å². The number of hydrogen-bond acceptors (Lipinski definition) is 2. The molecule has 0 aliphatic carbocycles. The van der Waals surface area contributed by atoms with E-state index in [0.29, 0.717) is 0 Å². The van der Waals surface area contributed by atoms with E-state index >= 15 is 0 Å². The lowest BCUT2D eigenvalue weighted by molar-refractivity contribution is -0.130. The van der Waals surface area contributed by atoms with Crippen molar-refractivity contribution in [2.45, 2.75) is 40.1 Å². The minimum absolute atomic E-state index is 0.116. The van der Waals surface area contributed by atoms with Crippen molar-refractivity contribution in [3.05, 3.63) is 6.61 Å². The van der Waals surface area contributed by atoms with E-state index in [1.54, 1.807) is 6.61 Å². The van der Waals surface area contributed by atoms with Gasteiger partial charge in [0.25, 0.3) is 0 Å². The molecular weight excluding hydrogens is 116 g/mol. The normalized spacial score (nSPS) is 14.3. The summed E-state index contributed by atoms with van der Waals surface area (Å²) in [5, 5.41) is 0. The summed E-state index contributed by atoms with van der Waals surface area (Å²) in [6.07, 6.45) is 0.120. The van der Waals surface area contributed by atoms with Gasteiger partial charge in [-0.05, 0) is 27.7 Å². The average Bonchev–Trinajstić information content (AvgIpc) is 1.63. The molecule has 0 aromatic heterocycles. The zero-order valence-electron chi connectivity index (χ0n) is 6.55. The van der Waals surface area contributed by atoms with E-state index in [1.165, 1.54) is 0 Å². The van der Waals surface area contributed by atoms with E-state index in [4.69, 9.17) is 9.47 Å². The van der Waals surface area contributed by atoms with Crippen molar-refractivity contribution in [3.63, 3.8) is 0 Å².